The number of rotatable bonds is 4. The van der Waals surface area contributed by atoms with Gasteiger partial charge in [0.15, 0.2) is 0 Å². The van der Waals surface area contributed by atoms with Crippen molar-refractivity contribution >= 4 is 17.5 Å². The number of hydrogen-bond donors (Lipinski definition) is 1. The summed E-state index contributed by atoms with van der Waals surface area (Å²) in [5, 5.41) is 10.8. The number of nitrogens with zero attached hydrogens (tertiary/aromatic N) is 5. The molecule has 4 rings (SSSR count). The monoisotopic (exact) mass is 374 g/mol. The van der Waals surface area contributed by atoms with Crippen molar-refractivity contribution in [2.24, 2.45) is 0 Å². The van der Waals surface area contributed by atoms with Crippen LogP contribution in [0, 0.1) is 6.92 Å². The van der Waals surface area contributed by atoms with E-state index < -0.39 is 0 Å². The summed E-state index contributed by atoms with van der Waals surface area (Å²) in [6.45, 7) is 3.41. The van der Waals surface area contributed by atoms with E-state index in [-0.39, 0.29) is 11.8 Å². The molecule has 0 unspecified atom stereocenters. The summed E-state index contributed by atoms with van der Waals surface area (Å²) in [5.74, 6) is 1.82. The summed E-state index contributed by atoms with van der Waals surface area (Å²) in [7, 11) is 0. The molecule has 3 aromatic rings. The summed E-state index contributed by atoms with van der Waals surface area (Å²) >= 11 is 0. The molecule has 0 saturated carbocycles. The molecule has 3 aromatic heterocycles. The minimum Gasteiger partial charge on any atom is -0.338 e. The van der Waals surface area contributed by atoms with Crippen LogP contribution in [0.2, 0.25) is 0 Å². The number of nitrogens with one attached hydrogen (secondary N) is 1. The fourth-order valence-corrected chi connectivity index (χ4v) is 3.55. The molecule has 0 radical (unpaired) electrons. The number of aryl methyl sites for hydroxylation is 1. The zero-order valence-electron chi connectivity index (χ0n) is 15.7. The van der Waals surface area contributed by atoms with E-state index in [2.05, 4.69) is 31.5 Å². The third kappa shape index (κ3) is 4.14. The summed E-state index contributed by atoms with van der Waals surface area (Å²) in [6.07, 6.45) is 6.90. The van der Waals surface area contributed by atoms with E-state index in [9.17, 15) is 4.79 Å². The van der Waals surface area contributed by atoms with Gasteiger partial charge >= 0.3 is 0 Å². The number of likely N-dealkylation sites (tertiary alicyclic amines) is 1. The van der Waals surface area contributed by atoms with Crippen molar-refractivity contribution in [2.45, 2.75) is 25.7 Å². The van der Waals surface area contributed by atoms with Crippen LogP contribution in [0.3, 0.4) is 0 Å². The average Bonchev–Trinajstić information content (AvgIpc) is 2.74. The van der Waals surface area contributed by atoms with Crippen LogP contribution in [-0.4, -0.2) is 44.1 Å². The van der Waals surface area contributed by atoms with E-state index in [0.29, 0.717) is 12.1 Å². The zero-order chi connectivity index (χ0) is 19.3. The Morgan fingerprint density at radius 3 is 2.89 bits per heavy atom. The van der Waals surface area contributed by atoms with E-state index in [0.717, 1.165) is 36.7 Å². The highest BCUT2D eigenvalue weighted by Gasteiger charge is 2.26. The largest absolute Gasteiger partial charge is 0.338 e. The second-order valence-corrected chi connectivity index (χ2v) is 6.99. The van der Waals surface area contributed by atoms with Gasteiger partial charge in [0.05, 0.1) is 18.0 Å². The molecule has 0 bridgehead atoms. The van der Waals surface area contributed by atoms with Crippen LogP contribution in [0.1, 0.15) is 40.4 Å². The molecule has 1 fully saturated rings. The van der Waals surface area contributed by atoms with Crippen LogP contribution >= 0.6 is 0 Å². The predicted molar refractivity (Wildman–Crippen MR) is 106 cm³/mol. The first-order valence-electron chi connectivity index (χ1n) is 9.41. The number of carbonyl (C=O) groups is 1. The Balaban J connectivity index is 1.48. The van der Waals surface area contributed by atoms with Gasteiger partial charge in [-0.25, -0.2) is 9.97 Å². The number of amides is 1. The van der Waals surface area contributed by atoms with Crippen molar-refractivity contribution in [1.29, 1.82) is 0 Å². The van der Waals surface area contributed by atoms with Crippen molar-refractivity contribution in [3.05, 3.63) is 71.8 Å². The Morgan fingerprint density at radius 1 is 1.14 bits per heavy atom. The molecular weight excluding hydrogens is 352 g/mol. The lowest BCUT2D eigenvalue weighted by molar-refractivity contribution is 0.0706. The second kappa shape index (κ2) is 8.12. The maximum Gasteiger partial charge on any atom is 0.255 e. The van der Waals surface area contributed by atoms with Gasteiger partial charge < -0.3 is 10.2 Å². The average molecular weight is 374 g/mol. The van der Waals surface area contributed by atoms with Gasteiger partial charge in [-0.2, -0.15) is 10.2 Å². The number of aromatic nitrogens is 4. The van der Waals surface area contributed by atoms with Crippen molar-refractivity contribution < 1.29 is 4.79 Å². The Labute approximate surface area is 163 Å². The highest BCUT2D eigenvalue weighted by atomic mass is 16.2. The molecule has 1 saturated heterocycles. The minimum atomic E-state index is 0.0102. The van der Waals surface area contributed by atoms with Gasteiger partial charge in [-0.1, -0.05) is 6.07 Å². The Morgan fingerprint density at radius 2 is 2.07 bits per heavy atom. The third-order valence-corrected chi connectivity index (χ3v) is 4.94. The normalized spacial score (nSPS) is 16.6. The quantitative estimate of drug-likeness (QED) is 0.754. The molecule has 28 heavy (non-hydrogen) atoms. The number of carbonyl (C=O) groups excluding carboxylic acids is 1. The first kappa shape index (κ1) is 18.0. The number of anilines is 2. The molecule has 0 spiro atoms. The molecule has 1 aliphatic heterocycles. The lowest BCUT2D eigenvalue weighted by atomic mass is 9.91. The number of hydrogen-bond acceptors (Lipinski definition) is 6. The molecular formula is C21H22N6O. The standard InChI is InChI=1S/C21H22N6O/c1-15-4-2-6-19(25-15)26-20-12-16(7-9-22-20)18-5-3-11-27(14-18)21(28)17-8-10-23-24-13-17/h2,4,6-10,12-13,18H,3,5,11,14H2,1H3,(H,22,25,26)/t18-/m0/s1. The summed E-state index contributed by atoms with van der Waals surface area (Å²) in [5.41, 5.74) is 2.71. The van der Waals surface area contributed by atoms with E-state index in [1.807, 2.05) is 36.1 Å². The first-order valence-corrected chi connectivity index (χ1v) is 9.41. The van der Waals surface area contributed by atoms with Gasteiger partial charge in [-0.3, -0.25) is 4.79 Å². The summed E-state index contributed by atoms with van der Waals surface area (Å²) in [4.78, 5) is 23.5. The molecule has 7 nitrogen and oxygen atoms in total. The molecule has 1 atom stereocenters. The van der Waals surface area contributed by atoms with Crippen LogP contribution in [0.15, 0.2) is 55.0 Å². The minimum absolute atomic E-state index is 0.0102. The maximum atomic E-state index is 12.7. The van der Waals surface area contributed by atoms with Crippen LogP contribution < -0.4 is 5.32 Å². The molecule has 1 N–H and O–H groups in total. The van der Waals surface area contributed by atoms with Crippen molar-refractivity contribution in [1.82, 2.24) is 25.1 Å². The zero-order valence-corrected chi connectivity index (χ0v) is 15.7. The predicted octanol–water partition coefficient (Wildman–Crippen LogP) is 3.34. The maximum absolute atomic E-state index is 12.7. The van der Waals surface area contributed by atoms with E-state index >= 15 is 0 Å². The highest BCUT2D eigenvalue weighted by molar-refractivity contribution is 5.93. The van der Waals surface area contributed by atoms with Crippen LogP contribution in [0.25, 0.3) is 0 Å². The molecule has 1 aliphatic rings. The van der Waals surface area contributed by atoms with Crippen LogP contribution in [0.5, 0.6) is 0 Å². The fourth-order valence-electron chi connectivity index (χ4n) is 3.55. The Bertz CT molecular complexity index is 962. The Hall–Kier alpha value is -3.35. The SMILES string of the molecule is Cc1cccc(Nc2cc([C@H]3CCCN(C(=O)c4ccnnc4)C3)ccn2)n1. The summed E-state index contributed by atoms with van der Waals surface area (Å²) in [6, 6.07) is 11.6. The third-order valence-electron chi connectivity index (χ3n) is 4.94. The lowest BCUT2D eigenvalue weighted by Crippen LogP contribution is -2.39. The second-order valence-electron chi connectivity index (χ2n) is 6.99. The highest BCUT2D eigenvalue weighted by Crippen LogP contribution is 2.29. The van der Waals surface area contributed by atoms with Gasteiger partial charge in [0.2, 0.25) is 0 Å². The van der Waals surface area contributed by atoms with Gasteiger partial charge in [-0.05, 0) is 55.7 Å². The van der Waals surface area contributed by atoms with E-state index in [4.69, 9.17) is 0 Å². The van der Waals surface area contributed by atoms with Gasteiger partial charge in [0.1, 0.15) is 11.6 Å². The summed E-state index contributed by atoms with van der Waals surface area (Å²) < 4.78 is 0. The molecule has 4 heterocycles. The molecule has 1 amide bonds. The van der Waals surface area contributed by atoms with Gasteiger partial charge in [0, 0.05) is 30.9 Å². The Kier molecular flexibility index (Phi) is 5.23. The van der Waals surface area contributed by atoms with Crippen molar-refractivity contribution in [3.8, 4) is 0 Å². The van der Waals surface area contributed by atoms with E-state index in [1.165, 1.54) is 11.8 Å². The molecule has 0 aromatic carbocycles. The molecule has 0 aliphatic carbocycles. The van der Waals surface area contributed by atoms with Crippen molar-refractivity contribution in [3.63, 3.8) is 0 Å². The van der Waals surface area contributed by atoms with Gasteiger partial charge in [-0.15, -0.1) is 0 Å². The van der Waals surface area contributed by atoms with E-state index in [1.54, 1.807) is 18.5 Å². The molecule has 142 valence electrons. The lowest BCUT2D eigenvalue weighted by Gasteiger charge is -2.33. The van der Waals surface area contributed by atoms with Crippen LogP contribution in [0.4, 0.5) is 11.6 Å². The van der Waals surface area contributed by atoms with Crippen LogP contribution in [-0.2, 0) is 0 Å². The smallest absolute Gasteiger partial charge is 0.255 e. The number of piperidine rings is 1. The van der Waals surface area contributed by atoms with Gasteiger partial charge in [0.25, 0.3) is 5.91 Å². The topological polar surface area (TPSA) is 83.9 Å². The number of pyridine rings is 2. The fraction of sp³-hybridized carbons (Fsp3) is 0.286. The molecule has 7 heteroatoms. The van der Waals surface area contributed by atoms with Crippen molar-refractivity contribution in [2.75, 3.05) is 18.4 Å². The first-order chi connectivity index (χ1) is 13.7.